The van der Waals surface area contributed by atoms with Gasteiger partial charge < -0.3 is 15.3 Å². The third kappa shape index (κ3) is 4.28. The molecule has 108 valence electrons. The maximum Gasteiger partial charge on any atom is 0.0909 e. The maximum atomic E-state index is 9.56. The lowest BCUT2D eigenvalue weighted by atomic mass is 9.98. The molecule has 4 nitrogen and oxygen atoms in total. The lowest BCUT2D eigenvalue weighted by Gasteiger charge is -2.40. The monoisotopic (exact) mass is 267 g/mol. The molecular formula is C15H25NO3. The van der Waals surface area contributed by atoms with Crippen LogP contribution >= 0.6 is 0 Å². The Morgan fingerprint density at radius 2 is 1.58 bits per heavy atom. The summed E-state index contributed by atoms with van der Waals surface area (Å²) in [6, 6.07) is 9.90. The van der Waals surface area contributed by atoms with Crippen molar-refractivity contribution in [1.29, 1.82) is 0 Å². The summed E-state index contributed by atoms with van der Waals surface area (Å²) >= 11 is 0. The van der Waals surface area contributed by atoms with E-state index in [-0.39, 0.29) is 19.8 Å². The van der Waals surface area contributed by atoms with Crippen molar-refractivity contribution in [2.45, 2.75) is 31.8 Å². The number of nitrogens with zero attached hydrogens (tertiary/aromatic N) is 1. The molecule has 1 aromatic carbocycles. The van der Waals surface area contributed by atoms with E-state index in [0.717, 1.165) is 24.9 Å². The summed E-state index contributed by atoms with van der Waals surface area (Å²) < 4.78 is 0. The summed E-state index contributed by atoms with van der Waals surface area (Å²) in [6.07, 6.45) is 2.00. The second-order valence-electron chi connectivity index (χ2n) is 4.96. The minimum absolute atomic E-state index is 0.253. The molecule has 0 saturated carbocycles. The fourth-order valence-electron chi connectivity index (χ4n) is 2.09. The predicted molar refractivity (Wildman–Crippen MR) is 75.7 cm³/mol. The highest BCUT2D eigenvalue weighted by Crippen LogP contribution is 2.19. The Morgan fingerprint density at radius 3 is 2.05 bits per heavy atom. The second-order valence-corrected chi connectivity index (χ2v) is 4.96. The van der Waals surface area contributed by atoms with E-state index in [4.69, 9.17) is 0 Å². The number of aliphatic hydroxyl groups is 3. The van der Waals surface area contributed by atoms with Crippen molar-refractivity contribution in [3.8, 4) is 0 Å². The first-order valence-corrected chi connectivity index (χ1v) is 6.84. The molecule has 0 aliphatic heterocycles. The van der Waals surface area contributed by atoms with Gasteiger partial charge in [0.2, 0.25) is 0 Å². The van der Waals surface area contributed by atoms with Crippen LogP contribution in [0.15, 0.2) is 30.3 Å². The first-order valence-electron chi connectivity index (χ1n) is 6.84. The van der Waals surface area contributed by atoms with Gasteiger partial charge in [-0.2, -0.15) is 0 Å². The zero-order valence-corrected chi connectivity index (χ0v) is 11.6. The summed E-state index contributed by atoms with van der Waals surface area (Å²) in [5, 5.41) is 28.7. The largest absolute Gasteiger partial charge is 0.394 e. The topological polar surface area (TPSA) is 63.9 Å². The van der Waals surface area contributed by atoms with Crippen molar-refractivity contribution in [2.24, 2.45) is 0 Å². The molecule has 0 saturated heterocycles. The predicted octanol–water partition coefficient (Wildman–Crippen LogP) is 1.00. The number of hydrogen-bond donors (Lipinski definition) is 3. The SMILES string of the molecule is CCCCN(Cc1ccccc1)C(CO)(CO)CO. The van der Waals surface area contributed by atoms with Crippen molar-refractivity contribution in [2.75, 3.05) is 26.4 Å². The molecule has 0 spiro atoms. The molecule has 0 amide bonds. The van der Waals surface area contributed by atoms with Gasteiger partial charge in [0.25, 0.3) is 0 Å². The molecule has 0 unspecified atom stereocenters. The Bertz CT molecular complexity index is 330. The van der Waals surface area contributed by atoms with Crippen molar-refractivity contribution in [1.82, 2.24) is 4.90 Å². The van der Waals surface area contributed by atoms with Gasteiger partial charge in [0.05, 0.1) is 25.4 Å². The van der Waals surface area contributed by atoms with Crippen LogP contribution in [0.2, 0.25) is 0 Å². The van der Waals surface area contributed by atoms with E-state index in [1.165, 1.54) is 0 Å². The van der Waals surface area contributed by atoms with Crippen LogP contribution in [0.4, 0.5) is 0 Å². The number of rotatable bonds is 9. The van der Waals surface area contributed by atoms with Crippen LogP contribution in [0.1, 0.15) is 25.3 Å². The summed E-state index contributed by atoms with van der Waals surface area (Å²) in [5.74, 6) is 0. The van der Waals surface area contributed by atoms with Gasteiger partial charge in [-0.3, -0.25) is 4.90 Å². The molecule has 0 atom stereocenters. The molecule has 1 rings (SSSR count). The Hall–Kier alpha value is -0.940. The van der Waals surface area contributed by atoms with Gasteiger partial charge in [0.1, 0.15) is 0 Å². The summed E-state index contributed by atoms with van der Waals surface area (Å²) in [4.78, 5) is 1.98. The summed E-state index contributed by atoms with van der Waals surface area (Å²) in [5.41, 5.74) is 0.156. The van der Waals surface area contributed by atoms with Gasteiger partial charge >= 0.3 is 0 Å². The first kappa shape index (κ1) is 16.1. The fourth-order valence-corrected chi connectivity index (χ4v) is 2.09. The Kier molecular flexibility index (Phi) is 7.02. The first-order chi connectivity index (χ1) is 9.22. The molecule has 0 aliphatic carbocycles. The lowest BCUT2D eigenvalue weighted by Crippen LogP contribution is -2.57. The molecular weight excluding hydrogens is 242 g/mol. The summed E-state index contributed by atoms with van der Waals surface area (Å²) in [6.45, 7) is 2.69. The highest BCUT2D eigenvalue weighted by molar-refractivity contribution is 5.15. The Balaban J connectivity index is 2.86. The van der Waals surface area contributed by atoms with Gasteiger partial charge in [-0.25, -0.2) is 0 Å². The standard InChI is InChI=1S/C15H25NO3/c1-2-3-9-16(15(11-17,12-18)13-19)10-14-7-5-4-6-8-14/h4-8,17-19H,2-3,9-13H2,1H3. The highest BCUT2D eigenvalue weighted by Gasteiger charge is 2.34. The van der Waals surface area contributed by atoms with Gasteiger partial charge in [0.15, 0.2) is 0 Å². The third-order valence-electron chi connectivity index (χ3n) is 3.55. The van der Waals surface area contributed by atoms with Crippen LogP contribution in [0.5, 0.6) is 0 Å². The molecule has 0 radical (unpaired) electrons. The zero-order valence-electron chi connectivity index (χ0n) is 11.6. The number of unbranched alkanes of at least 4 members (excludes halogenated alkanes) is 1. The van der Waals surface area contributed by atoms with Gasteiger partial charge in [-0.05, 0) is 18.5 Å². The maximum absolute atomic E-state index is 9.56. The minimum atomic E-state index is -0.953. The van der Waals surface area contributed by atoms with Gasteiger partial charge in [-0.15, -0.1) is 0 Å². The van der Waals surface area contributed by atoms with E-state index in [2.05, 4.69) is 6.92 Å². The average Bonchev–Trinajstić information content (AvgIpc) is 2.48. The van der Waals surface area contributed by atoms with Crippen molar-refractivity contribution >= 4 is 0 Å². The molecule has 1 aromatic rings. The average molecular weight is 267 g/mol. The van der Waals surface area contributed by atoms with Crippen LogP contribution in [-0.4, -0.2) is 52.1 Å². The molecule has 0 heterocycles. The molecule has 0 aliphatic rings. The molecule has 19 heavy (non-hydrogen) atoms. The van der Waals surface area contributed by atoms with Crippen LogP contribution in [0, 0.1) is 0 Å². The lowest BCUT2D eigenvalue weighted by molar-refractivity contribution is -0.0527. The van der Waals surface area contributed by atoms with E-state index in [1.807, 2.05) is 35.2 Å². The number of hydrogen-bond acceptors (Lipinski definition) is 4. The second kappa shape index (κ2) is 8.27. The normalized spacial score (nSPS) is 12.1. The minimum Gasteiger partial charge on any atom is -0.394 e. The molecule has 0 bridgehead atoms. The van der Waals surface area contributed by atoms with E-state index in [9.17, 15) is 15.3 Å². The Morgan fingerprint density at radius 1 is 1.00 bits per heavy atom. The van der Waals surface area contributed by atoms with Gasteiger partial charge in [0, 0.05) is 6.54 Å². The molecule has 3 N–H and O–H groups in total. The zero-order chi connectivity index (χ0) is 14.1. The van der Waals surface area contributed by atoms with E-state index < -0.39 is 5.54 Å². The quantitative estimate of drug-likeness (QED) is 0.625. The molecule has 0 aromatic heterocycles. The number of benzene rings is 1. The molecule has 0 fully saturated rings. The van der Waals surface area contributed by atoms with E-state index in [1.54, 1.807) is 0 Å². The smallest absolute Gasteiger partial charge is 0.0909 e. The van der Waals surface area contributed by atoms with E-state index >= 15 is 0 Å². The van der Waals surface area contributed by atoms with Gasteiger partial charge in [-0.1, -0.05) is 43.7 Å². The third-order valence-corrected chi connectivity index (χ3v) is 3.55. The van der Waals surface area contributed by atoms with Crippen molar-refractivity contribution in [3.63, 3.8) is 0 Å². The van der Waals surface area contributed by atoms with Crippen LogP contribution < -0.4 is 0 Å². The van der Waals surface area contributed by atoms with Crippen molar-refractivity contribution in [3.05, 3.63) is 35.9 Å². The van der Waals surface area contributed by atoms with Crippen LogP contribution in [0.3, 0.4) is 0 Å². The van der Waals surface area contributed by atoms with Crippen LogP contribution in [0.25, 0.3) is 0 Å². The highest BCUT2D eigenvalue weighted by atomic mass is 16.3. The number of aliphatic hydroxyl groups excluding tert-OH is 3. The van der Waals surface area contributed by atoms with E-state index in [0.29, 0.717) is 6.54 Å². The van der Waals surface area contributed by atoms with Crippen molar-refractivity contribution < 1.29 is 15.3 Å². The Labute approximate surface area is 115 Å². The molecule has 4 heteroatoms. The van der Waals surface area contributed by atoms with Crippen LogP contribution in [-0.2, 0) is 6.54 Å². The summed E-state index contributed by atoms with van der Waals surface area (Å²) in [7, 11) is 0. The fraction of sp³-hybridized carbons (Fsp3) is 0.600.